The number of aliphatic carboxylic acids is 1. The average molecular weight is 293 g/mol. The highest BCUT2D eigenvalue weighted by atomic mass is 16.5. The van der Waals surface area contributed by atoms with Gasteiger partial charge >= 0.3 is 12.0 Å². The van der Waals surface area contributed by atoms with Crippen molar-refractivity contribution in [1.82, 2.24) is 9.88 Å². The first-order chi connectivity index (χ1) is 10.1. The van der Waals surface area contributed by atoms with Crippen molar-refractivity contribution in [2.24, 2.45) is 0 Å². The molecule has 2 N–H and O–H groups in total. The third kappa shape index (κ3) is 4.16. The van der Waals surface area contributed by atoms with Crippen molar-refractivity contribution in [3.63, 3.8) is 0 Å². The second-order valence-electron chi connectivity index (χ2n) is 4.87. The molecule has 1 unspecified atom stereocenters. The van der Waals surface area contributed by atoms with Crippen molar-refractivity contribution in [3.05, 3.63) is 24.0 Å². The zero-order chi connectivity index (χ0) is 15.2. The Hall–Kier alpha value is -2.15. The molecule has 1 aromatic rings. The van der Waals surface area contributed by atoms with E-state index in [0.29, 0.717) is 31.1 Å². The van der Waals surface area contributed by atoms with Crippen molar-refractivity contribution in [3.8, 4) is 0 Å². The summed E-state index contributed by atoms with van der Waals surface area (Å²) in [6.07, 6.45) is 2.18. The fourth-order valence-corrected chi connectivity index (χ4v) is 2.21. The highest BCUT2D eigenvalue weighted by Gasteiger charge is 2.25. The number of urea groups is 1. The van der Waals surface area contributed by atoms with Gasteiger partial charge in [0.25, 0.3) is 0 Å². The Kier molecular flexibility index (Phi) is 5.10. The van der Waals surface area contributed by atoms with Gasteiger partial charge in [-0.25, -0.2) is 4.79 Å². The van der Waals surface area contributed by atoms with Gasteiger partial charge in [0.15, 0.2) is 0 Å². The van der Waals surface area contributed by atoms with Gasteiger partial charge in [-0.1, -0.05) is 6.92 Å². The number of carboxylic acid groups (broad SMARTS) is 1. The SMILES string of the molecule is CCC1COCCN1C(=O)Nc1ccc(CC(=O)O)nc1. The van der Waals surface area contributed by atoms with Crippen molar-refractivity contribution < 1.29 is 19.4 Å². The van der Waals surface area contributed by atoms with Crippen LogP contribution in [0.1, 0.15) is 19.0 Å². The molecule has 7 nitrogen and oxygen atoms in total. The molecule has 0 bridgehead atoms. The number of pyridine rings is 1. The maximum atomic E-state index is 12.2. The average Bonchev–Trinajstić information content (AvgIpc) is 2.48. The number of hydrogen-bond donors (Lipinski definition) is 2. The molecule has 1 aliphatic rings. The summed E-state index contributed by atoms with van der Waals surface area (Å²) in [7, 11) is 0. The topological polar surface area (TPSA) is 91.8 Å². The van der Waals surface area contributed by atoms with Gasteiger partial charge in [0.1, 0.15) is 0 Å². The van der Waals surface area contributed by atoms with Crippen LogP contribution in [-0.2, 0) is 16.0 Å². The standard InChI is InChI=1S/C14H19N3O4/c1-2-12-9-21-6-5-17(12)14(20)16-11-4-3-10(15-8-11)7-13(18)19/h3-4,8,12H,2,5-7,9H2,1H3,(H,16,20)(H,18,19). The first kappa shape index (κ1) is 15.2. The number of aromatic nitrogens is 1. The molecule has 0 saturated carbocycles. The molecular weight excluding hydrogens is 274 g/mol. The summed E-state index contributed by atoms with van der Waals surface area (Å²) in [5.41, 5.74) is 1.01. The Morgan fingerprint density at radius 3 is 2.95 bits per heavy atom. The van der Waals surface area contributed by atoms with Gasteiger partial charge in [0.2, 0.25) is 0 Å². The highest BCUT2D eigenvalue weighted by Crippen LogP contribution is 2.13. The third-order valence-electron chi connectivity index (χ3n) is 3.37. The molecule has 1 aromatic heterocycles. The summed E-state index contributed by atoms with van der Waals surface area (Å²) in [6.45, 7) is 3.68. The Morgan fingerprint density at radius 2 is 2.33 bits per heavy atom. The molecule has 0 aliphatic carbocycles. The molecule has 1 saturated heterocycles. The normalized spacial score (nSPS) is 18.3. The molecule has 2 rings (SSSR count). The van der Waals surface area contributed by atoms with Crippen LogP contribution in [0.25, 0.3) is 0 Å². The number of nitrogens with one attached hydrogen (secondary N) is 1. The molecule has 0 aromatic carbocycles. The minimum Gasteiger partial charge on any atom is -0.481 e. The molecule has 2 amide bonds. The number of carbonyl (C=O) groups excluding carboxylic acids is 1. The minimum absolute atomic E-state index is 0.0815. The first-order valence-electron chi connectivity index (χ1n) is 6.92. The summed E-state index contributed by atoms with van der Waals surface area (Å²) in [6, 6.07) is 3.15. The van der Waals surface area contributed by atoms with Crippen molar-refractivity contribution in [2.45, 2.75) is 25.8 Å². The predicted molar refractivity (Wildman–Crippen MR) is 76.2 cm³/mol. The Bertz CT molecular complexity index is 503. The second kappa shape index (κ2) is 7.03. The van der Waals surface area contributed by atoms with Crippen LogP contribution in [0, 0.1) is 0 Å². The lowest BCUT2D eigenvalue weighted by molar-refractivity contribution is -0.136. The van der Waals surface area contributed by atoms with E-state index in [-0.39, 0.29) is 18.5 Å². The van der Waals surface area contributed by atoms with Gasteiger partial charge in [0, 0.05) is 6.54 Å². The molecule has 114 valence electrons. The quantitative estimate of drug-likeness (QED) is 0.874. The van der Waals surface area contributed by atoms with E-state index < -0.39 is 5.97 Å². The Balaban J connectivity index is 1.96. The van der Waals surface area contributed by atoms with Crippen LogP contribution in [0.4, 0.5) is 10.5 Å². The number of ether oxygens (including phenoxy) is 1. The number of morpholine rings is 1. The second-order valence-corrected chi connectivity index (χ2v) is 4.87. The predicted octanol–water partition coefficient (Wildman–Crippen LogP) is 1.35. The van der Waals surface area contributed by atoms with Gasteiger partial charge in [-0.05, 0) is 18.6 Å². The van der Waals surface area contributed by atoms with E-state index in [1.54, 1.807) is 17.0 Å². The number of carbonyl (C=O) groups is 2. The van der Waals surface area contributed by atoms with Gasteiger partial charge in [-0.3, -0.25) is 9.78 Å². The van der Waals surface area contributed by atoms with Crippen LogP contribution in [0.3, 0.4) is 0 Å². The number of anilines is 1. The summed E-state index contributed by atoms with van der Waals surface area (Å²) < 4.78 is 5.37. The smallest absolute Gasteiger partial charge is 0.322 e. The largest absolute Gasteiger partial charge is 0.481 e. The highest BCUT2D eigenvalue weighted by molar-refractivity contribution is 5.89. The Labute approximate surface area is 122 Å². The molecule has 1 atom stereocenters. The maximum Gasteiger partial charge on any atom is 0.322 e. The lowest BCUT2D eigenvalue weighted by Gasteiger charge is -2.34. The zero-order valence-corrected chi connectivity index (χ0v) is 11.9. The molecule has 2 heterocycles. The number of hydrogen-bond acceptors (Lipinski definition) is 4. The number of amides is 2. The number of nitrogens with zero attached hydrogens (tertiary/aromatic N) is 2. The molecule has 0 radical (unpaired) electrons. The van der Waals surface area contributed by atoms with Crippen LogP contribution < -0.4 is 5.32 Å². The third-order valence-corrected chi connectivity index (χ3v) is 3.37. The molecule has 1 fully saturated rings. The van der Waals surface area contributed by atoms with E-state index in [2.05, 4.69) is 10.3 Å². The molecule has 1 aliphatic heterocycles. The zero-order valence-electron chi connectivity index (χ0n) is 11.9. The van der Waals surface area contributed by atoms with E-state index in [9.17, 15) is 9.59 Å². The van der Waals surface area contributed by atoms with Crippen LogP contribution in [0.2, 0.25) is 0 Å². The minimum atomic E-state index is -0.932. The van der Waals surface area contributed by atoms with Crippen molar-refractivity contribution >= 4 is 17.7 Å². The van der Waals surface area contributed by atoms with Gasteiger partial charge in [-0.2, -0.15) is 0 Å². The molecular formula is C14H19N3O4. The fraction of sp³-hybridized carbons (Fsp3) is 0.500. The monoisotopic (exact) mass is 293 g/mol. The Morgan fingerprint density at radius 1 is 1.52 bits per heavy atom. The first-order valence-corrected chi connectivity index (χ1v) is 6.92. The molecule has 21 heavy (non-hydrogen) atoms. The summed E-state index contributed by atoms with van der Waals surface area (Å²) >= 11 is 0. The molecule has 7 heteroatoms. The van der Waals surface area contributed by atoms with Gasteiger partial charge < -0.3 is 20.1 Å². The summed E-state index contributed by atoms with van der Waals surface area (Å²) in [5.74, 6) is -0.932. The van der Waals surface area contributed by atoms with Crippen molar-refractivity contribution in [1.29, 1.82) is 0 Å². The maximum absolute atomic E-state index is 12.2. The van der Waals surface area contributed by atoms with Crippen LogP contribution in [-0.4, -0.2) is 52.8 Å². The lowest BCUT2D eigenvalue weighted by atomic mass is 10.2. The van der Waals surface area contributed by atoms with Crippen LogP contribution in [0.5, 0.6) is 0 Å². The van der Waals surface area contributed by atoms with Crippen molar-refractivity contribution in [2.75, 3.05) is 25.1 Å². The van der Waals surface area contributed by atoms with E-state index in [1.807, 2.05) is 6.92 Å². The van der Waals surface area contributed by atoms with Crippen LogP contribution in [0.15, 0.2) is 18.3 Å². The van der Waals surface area contributed by atoms with Crippen LogP contribution >= 0.6 is 0 Å². The fourth-order valence-electron chi connectivity index (χ4n) is 2.21. The summed E-state index contributed by atoms with van der Waals surface area (Å²) in [4.78, 5) is 28.6. The van der Waals surface area contributed by atoms with E-state index >= 15 is 0 Å². The number of carboxylic acids is 1. The van der Waals surface area contributed by atoms with Gasteiger partial charge in [0.05, 0.1) is 43.3 Å². The van der Waals surface area contributed by atoms with E-state index in [1.165, 1.54) is 6.20 Å². The van der Waals surface area contributed by atoms with E-state index in [0.717, 1.165) is 6.42 Å². The molecule has 0 spiro atoms. The van der Waals surface area contributed by atoms with E-state index in [4.69, 9.17) is 9.84 Å². The number of rotatable bonds is 4. The lowest BCUT2D eigenvalue weighted by Crippen LogP contribution is -2.50. The summed E-state index contributed by atoms with van der Waals surface area (Å²) in [5, 5.41) is 11.5. The van der Waals surface area contributed by atoms with Gasteiger partial charge in [-0.15, -0.1) is 0 Å².